The molecule has 2 aromatic carbocycles. The summed E-state index contributed by atoms with van der Waals surface area (Å²) in [5.41, 5.74) is 16.4. The number of fused-ring (bicyclic) bond motifs is 1. The Bertz CT molecular complexity index is 1160. The van der Waals surface area contributed by atoms with E-state index in [1.165, 1.54) is 5.56 Å². The third kappa shape index (κ3) is 5.11. The number of nitrogen functional groups attached to an aromatic ring is 1. The fourth-order valence-electron chi connectivity index (χ4n) is 4.60. The zero-order valence-electron chi connectivity index (χ0n) is 19.8. The first-order valence-corrected chi connectivity index (χ1v) is 11.8. The largest absolute Gasteiger partial charge is 0.384 e. The highest BCUT2D eigenvalue weighted by Gasteiger charge is 2.23. The van der Waals surface area contributed by atoms with Gasteiger partial charge in [0.1, 0.15) is 11.5 Å². The zero-order valence-corrected chi connectivity index (χ0v) is 19.8. The van der Waals surface area contributed by atoms with Gasteiger partial charge in [-0.2, -0.15) is 0 Å². The van der Waals surface area contributed by atoms with E-state index in [0.717, 1.165) is 42.1 Å². The summed E-state index contributed by atoms with van der Waals surface area (Å²) in [6.07, 6.45) is 3.71. The topological polar surface area (TPSA) is 110 Å². The Balaban J connectivity index is 1.69. The minimum Gasteiger partial charge on any atom is -0.384 e. The third-order valence-corrected chi connectivity index (χ3v) is 6.72. The van der Waals surface area contributed by atoms with E-state index >= 15 is 0 Å². The molecule has 3 aromatic rings. The van der Waals surface area contributed by atoms with Gasteiger partial charge in [0, 0.05) is 35.1 Å². The van der Waals surface area contributed by atoms with Gasteiger partial charge in [0.25, 0.3) is 5.91 Å². The van der Waals surface area contributed by atoms with Gasteiger partial charge in [-0.05, 0) is 54.4 Å². The van der Waals surface area contributed by atoms with E-state index in [4.69, 9.17) is 16.9 Å². The molecule has 0 radical (unpaired) electrons. The molecule has 0 spiro atoms. The molecule has 1 saturated carbocycles. The molecule has 1 amide bonds. The van der Waals surface area contributed by atoms with Gasteiger partial charge in [0.15, 0.2) is 0 Å². The molecule has 6 heteroatoms. The third-order valence-electron chi connectivity index (χ3n) is 6.72. The Morgan fingerprint density at radius 3 is 2.33 bits per heavy atom. The monoisotopic (exact) mass is 445 g/mol. The van der Waals surface area contributed by atoms with Gasteiger partial charge in [-0.15, -0.1) is 0 Å². The van der Waals surface area contributed by atoms with Gasteiger partial charge in [-0.25, -0.2) is 0 Å². The molecule has 1 aliphatic carbocycles. The molecule has 6 nitrogen and oxygen atoms in total. The number of carbonyl (C=O) groups excluding carboxylic acids is 1. The molecule has 33 heavy (non-hydrogen) atoms. The van der Waals surface area contributed by atoms with Gasteiger partial charge < -0.3 is 21.4 Å². The molecular weight excluding hydrogens is 410 g/mol. The van der Waals surface area contributed by atoms with Gasteiger partial charge >= 0.3 is 0 Å². The zero-order chi connectivity index (χ0) is 23.8. The fourth-order valence-corrected chi connectivity index (χ4v) is 4.60. The van der Waals surface area contributed by atoms with Gasteiger partial charge in [-0.3, -0.25) is 10.2 Å². The maximum Gasteiger partial charge on any atom is 0.268 e. The highest BCUT2D eigenvalue weighted by molar-refractivity contribution is 6.02. The lowest BCUT2D eigenvalue weighted by atomic mass is 9.87. The van der Waals surface area contributed by atoms with Crippen molar-refractivity contribution in [2.75, 3.05) is 0 Å². The summed E-state index contributed by atoms with van der Waals surface area (Å²) in [5, 5.41) is 12.0. The van der Waals surface area contributed by atoms with Crippen LogP contribution in [0.25, 0.3) is 10.9 Å². The van der Waals surface area contributed by atoms with E-state index in [1.54, 1.807) is 0 Å². The smallest absolute Gasteiger partial charge is 0.268 e. The molecule has 0 atom stereocenters. The van der Waals surface area contributed by atoms with Crippen LogP contribution in [-0.4, -0.2) is 28.4 Å². The van der Waals surface area contributed by atoms with Crippen LogP contribution < -0.4 is 16.8 Å². The summed E-state index contributed by atoms with van der Waals surface area (Å²) in [5.74, 6) is -0.0499. The summed E-state index contributed by atoms with van der Waals surface area (Å²) in [6.45, 7) is 7.16. The van der Waals surface area contributed by atoms with E-state index in [0.29, 0.717) is 17.8 Å². The van der Waals surface area contributed by atoms with Crippen molar-refractivity contribution in [3.8, 4) is 0 Å². The van der Waals surface area contributed by atoms with Crippen molar-refractivity contribution in [3.63, 3.8) is 0 Å². The predicted molar refractivity (Wildman–Crippen MR) is 135 cm³/mol. The second kappa shape index (κ2) is 9.02. The summed E-state index contributed by atoms with van der Waals surface area (Å²) in [7, 11) is 0. The minimum absolute atomic E-state index is 0.0173. The van der Waals surface area contributed by atoms with Crippen molar-refractivity contribution in [2.24, 2.45) is 11.5 Å². The van der Waals surface area contributed by atoms with E-state index in [9.17, 15) is 4.79 Å². The number of benzene rings is 2. The van der Waals surface area contributed by atoms with Gasteiger partial charge in [0.2, 0.25) is 0 Å². The first kappa shape index (κ1) is 23.1. The number of rotatable bonds is 5. The maximum atomic E-state index is 13.3. The average molecular weight is 446 g/mol. The maximum absolute atomic E-state index is 13.3. The molecule has 0 unspecified atom stereocenters. The van der Waals surface area contributed by atoms with Crippen LogP contribution in [0.4, 0.5) is 0 Å². The second-order valence-electron chi connectivity index (χ2n) is 10.3. The van der Waals surface area contributed by atoms with E-state index in [-0.39, 0.29) is 29.2 Å². The molecule has 0 bridgehead atoms. The summed E-state index contributed by atoms with van der Waals surface area (Å²) >= 11 is 0. The van der Waals surface area contributed by atoms with Crippen LogP contribution in [0.2, 0.25) is 0 Å². The van der Waals surface area contributed by atoms with Crippen molar-refractivity contribution in [1.82, 2.24) is 9.88 Å². The first-order chi connectivity index (χ1) is 15.6. The van der Waals surface area contributed by atoms with Crippen molar-refractivity contribution < 1.29 is 4.79 Å². The molecule has 0 saturated heterocycles. The fraction of sp³-hybridized carbons (Fsp3) is 0.407. The van der Waals surface area contributed by atoms with Crippen molar-refractivity contribution in [2.45, 2.75) is 70.5 Å². The Morgan fingerprint density at radius 1 is 1.06 bits per heavy atom. The van der Waals surface area contributed by atoms with Crippen LogP contribution in [0.3, 0.4) is 0 Å². The number of aromatic nitrogens is 1. The van der Waals surface area contributed by atoms with Crippen LogP contribution >= 0.6 is 0 Å². The van der Waals surface area contributed by atoms with E-state index < -0.39 is 0 Å². The molecular formula is C27H35N5O. The van der Waals surface area contributed by atoms with E-state index in [1.807, 2.05) is 28.8 Å². The normalized spacial score (nSPS) is 18.9. The lowest BCUT2D eigenvalue weighted by Crippen LogP contribution is -2.41. The number of nitrogens with one attached hydrogen (secondary N) is 2. The van der Waals surface area contributed by atoms with Gasteiger partial charge in [-0.1, -0.05) is 57.2 Å². The van der Waals surface area contributed by atoms with Gasteiger partial charge in [0.05, 0.1) is 0 Å². The summed E-state index contributed by atoms with van der Waals surface area (Å²) in [6, 6.07) is 16.6. The van der Waals surface area contributed by atoms with Crippen LogP contribution in [-0.2, 0) is 12.0 Å². The minimum atomic E-state index is -0.0673. The van der Waals surface area contributed by atoms with Crippen molar-refractivity contribution >= 4 is 22.6 Å². The number of hydrogen-bond acceptors (Lipinski definition) is 3. The van der Waals surface area contributed by atoms with Crippen molar-refractivity contribution in [3.05, 3.63) is 70.9 Å². The molecule has 1 heterocycles. The van der Waals surface area contributed by atoms with Crippen LogP contribution in [0, 0.1) is 5.41 Å². The Morgan fingerprint density at radius 2 is 1.73 bits per heavy atom. The van der Waals surface area contributed by atoms with Crippen molar-refractivity contribution in [1.29, 1.82) is 5.41 Å². The van der Waals surface area contributed by atoms with Crippen LogP contribution in [0.15, 0.2) is 48.5 Å². The number of hydrogen-bond donors (Lipinski definition) is 4. The standard InChI is InChI=1S/C27H35N5O/c1-27(2,3)20-8-4-17(5-9-20)16-32-23-15-19(25(29)30)7-6-18(23)14-24(32)26(33)31-22-12-10-21(28)11-13-22/h4-9,14-15,21-22H,10-13,16,28H2,1-3H3,(H3,29,30)(H,31,33). The Labute approximate surface area is 195 Å². The molecule has 1 aliphatic rings. The Kier molecular flexibility index (Phi) is 6.30. The first-order valence-electron chi connectivity index (χ1n) is 11.8. The number of nitrogens with two attached hydrogens (primary N) is 2. The number of nitrogens with zero attached hydrogens (tertiary/aromatic N) is 1. The quantitative estimate of drug-likeness (QED) is 0.348. The molecule has 0 aliphatic heterocycles. The second-order valence-corrected chi connectivity index (χ2v) is 10.3. The molecule has 4 rings (SSSR count). The van der Waals surface area contributed by atoms with Crippen LogP contribution in [0.1, 0.15) is 73.6 Å². The molecule has 1 aromatic heterocycles. The number of carbonyl (C=O) groups is 1. The average Bonchev–Trinajstić information content (AvgIpc) is 3.13. The highest BCUT2D eigenvalue weighted by Crippen LogP contribution is 2.26. The Hall–Kier alpha value is -3.12. The molecule has 6 N–H and O–H groups in total. The lowest BCUT2D eigenvalue weighted by Gasteiger charge is -2.27. The number of amidine groups is 1. The summed E-state index contributed by atoms with van der Waals surface area (Å²) in [4.78, 5) is 13.3. The summed E-state index contributed by atoms with van der Waals surface area (Å²) < 4.78 is 2.04. The SMILES string of the molecule is CC(C)(C)c1ccc(Cn2c(C(=O)NC3CCC(N)CC3)cc3ccc(C(=N)N)cc32)cc1. The number of amides is 1. The van der Waals surface area contributed by atoms with E-state index in [2.05, 4.69) is 50.4 Å². The molecule has 174 valence electrons. The predicted octanol–water partition coefficient (Wildman–Crippen LogP) is 4.27. The lowest BCUT2D eigenvalue weighted by molar-refractivity contribution is 0.0917. The molecule has 1 fully saturated rings. The highest BCUT2D eigenvalue weighted by atomic mass is 16.2. The van der Waals surface area contributed by atoms with Crippen LogP contribution in [0.5, 0.6) is 0 Å².